The maximum absolute atomic E-state index is 11.4. The van der Waals surface area contributed by atoms with Crippen molar-refractivity contribution < 1.29 is 14.3 Å². The van der Waals surface area contributed by atoms with Gasteiger partial charge in [-0.05, 0) is 35.9 Å². The lowest BCUT2D eigenvalue weighted by Crippen LogP contribution is -2.23. The highest BCUT2D eigenvalue weighted by atomic mass is 32.1. The van der Waals surface area contributed by atoms with Crippen molar-refractivity contribution in [2.75, 3.05) is 19.0 Å². The molecule has 1 aromatic carbocycles. The highest BCUT2D eigenvalue weighted by Gasteiger charge is 2.14. The van der Waals surface area contributed by atoms with E-state index in [1.165, 1.54) is 0 Å². The van der Waals surface area contributed by atoms with Crippen LogP contribution in [0.25, 0.3) is 0 Å². The molecule has 1 aliphatic heterocycles. The van der Waals surface area contributed by atoms with Crippen LogP contribution >= 0.6 is 12.6 Å². The topological polar surface area (TPSA) is 47.6 Å². The molecule has 2 rings (SSSR count). The third-order valence-corrected chi connectivity index (χ3v) is 3.04. The molecule has 5 heteroatoms. The summed E-state index contributed by atoms with van der Waals surface area (Å²) in [5.74, 6) is 2.11. The second-order valence-electron chi connectivity index (χ2n) is 4.17. The van der Waals surface area contributed by atoms with Gasteiger partial charge < -0.3 is 14.8 Å². The molecule has 1 N–H and O–H groups in total. The Kier molecular flexibility index (Phi) is 4.36. The molecule has 0 saturated carbocycles. The number of hydrogen-bond donors (Lipinski definition) is 2. The number of ether oxygens (including phenoxy) is 2. The summed E-state index contributed by atoms with van der Waals surface area (Å²) in [4.78, 5) is 11.4. The minimum absolute atomic E-state index is 0.0132. The Morgan fingerprint density at radius 1 is 1.33 bits per heavy atom. The summed E-state index contributed by atoms with van der Waals surface area (Å²) in [7, 11) is 0. The molecule has 0 spiro atoms. The number of rotatable bonds is 4. The molecule has 1 aliphatic rings. The van der Waals surface area contributed by atoms with Gasteiger partial charge in [-0.1, -0.05) is 0 Å². The number of aryl methyl sites for hydroxylation is 1. The van der Waals surface area contributed by atoms with Gasteiger partial charge in [0.25, 0.3) is 0 Å². The van der Waals surface area contributed by atoms with Crippen molar-refractivity contribution in [3.05, 3.63) is 23.3 Å². The molecule has 4 nitrogen and oxygen atoms in total. The Hall–Kier alpha value is -1.36. The second-order valence-corrected chi connectivity index (χ2v) is 4.62. The summed E-state index contributed by atoms with van der Waals surface area (Å²) in [5.41, 5.74) is 2.14. The highest BCUT2D eigenvalue weighted by molar-refractivity contribution is 7.80. The fraction of sp³-hybridized carbons (Fsp3) is 0.462. The third kappa shape index (κ3) is 3.10. The van der Waals surface area contributed by atoms with Crippen molar-refractivity contribution in [3.8, 4) is 11.5 Å². The average molecular weight is 267 g/mol. The molecule has 0 aliphatic carbocycles. The first-order valence-electron chi connectivity index (χ1n) is 5.97. The van der Waals surface area contributed by atoms with E-state index in [9.17, 15) is 4.79 Å². The molecule has 18 heavy (non-hydrogen) atoms. The van der Waals surface area contributed by atoms with Crippen molar-refractivity contribution >= 4 is 18.5 Å². The van der Waals surface area contributed by atoms with E-state index in [4.69, 9.17) is 9.47 Å². The van der Waals surface area contributed by atoms with Crippen LogP contribution in [0.2, 0.25) is 0 Å². The summed E-state index contributed by atoms with van der Waals surface area (Å²) >= 11 is 4.03. The molecule has 1 aromatic rings. The predicted molar refractivity (Wildman–Crippen MR) is 72.5 cm³/mol. The maximum Gasteiger partial charge on any atom is 0.221 e. The minimum atomic E-state index is 0.0132. The Bertz CT molecular complexity index is 448. The first-order chi connectivity index (χ1) is 8.70. The summed E-state index contributed by atoms with van der Waals surface area (Å²) in [6.45, 7) is 3.67. The van der Waals surface area contributed by atoms with Gasteiger partial charge in [-0.15, -0.1) is 0 Å². The van der Waals surface area contributed by atoms with Gasteiger partial charge in [0, 0.05) is 13.0 Å². The van der Waals surface area contributed by atoms with Gasteiger partial charge >= 0.3 is 0 Å². The number of fused-ring (bicyclic) bond motifs is 1. The second kappa shape index (κ2) is 6.00. The van der Waals surface area contributed by atoms with E-state index in [1.54, 1.807) is 0 Å². The molecule has 0 atom stereocenters. The van der Waals surface area contributed by atoms with Crippen molar-refractivity contribution in [1.82, 2.24) is 5.32 Å². The van der Waals surface area contributed by atoms with Gasteiger partial charge in [-0.2, -0.15) is 12.6 Å². The van der Waals surface area contributed by atoms with Crippen LogP contribution in [-0.2, 0) is 11.3 Å². The number of hydrogen-bond acceptors (Lipinski definition) is 4. The van der Waals surface area contributed by atoms with Gasteiger partial charge in [-0.3, -0.25) is 4.79 Å². The average Bonchev–Trinajstić information content (AvgIpc) is 2.36. The number of carbonyl (C=O) groups is 1. The maximum atomic E-state index is 11.4. The van der Waals surface area contributed by atoms with Crippen LogP contribution in [0.15, 0.2) is 12.1 Å². The molecule has 0 fully saturated rings. The quantitative estimate of drug-likeness (QED) is 0.816. The zero-order valence-corrected chi connectivity index (χ0v) is 11.3. The normalized spacial score (nSPS) is 13.2. The molecule has 0 aromatic heterocycles. The fourth-order valence-corrected chi connectivity index (χ4v) is 2.01. The minimum Gasteiger partial charge on any atom is -0.486 e. The predicted octanol–water partition coefficient (Wildman–Crippen LogP) is 1.70. The Morgan fingerprint density at radius 2 is 2.00 bits per heavy atom. The van der Waals surface area contributed by atoms with E-state index >= 15 is 0 Å². The van der Waals surface area contributed by atoms with Gasteiger partial charge in [0.1, 0.15) is 13.2 Å². The largest absolute Gasteiger partial charge is 0.486 e. The van der Waals surface area contributed by atoms with Crippen LogP contribution in [0.4, 0.5) is 0 Å². The lowest BCUT2D eigenvalue weighted by Gasteiger charge is -2.20. The molecule has 1 amide bonds. The Labute approximate surface area is 112 Å². The zero-order valence-electron chi connectivity index (χ0n) is 10.4. The summed E-state index contributed by atoms with van der Waals surface area (Å²) in [6.07, 6.45) is 0.437. The van der Waals surface area contributed by atoms with Crippen LogP contribution in [0.3, 0.4) is 0 Å². The lowest BCUT2D eigenvalue weighted by molar-refractivity contribution is -0.120. The van der Waals surface area contributed by atoms with Crippen LogP contribution in [0.5, 0.6) is 11.5 Å². The summed E-state index contributed by atoms with van der Waals surface area (Å²) in [5, 5.41) is 2.86. The van der Waals surface area contributed by atoms with E-state index in [2.05, 4.69) is 17.9 Å². The number of carbonyl (C=O) groups excluding carboxylic acids is 1. The SMILES string of the molecule is Cc1cc2c(cc1CNC(=O)CCS)OCCO2. The molecule has 0 bridgehead atoms. The number of nitrogens with one attached hydrogen (secondary N) is 1. The van der Waals surface area contributed by atoms with Gasteiger partial charge in [0.2, 0.25) is 5.91 Å². The molecule has 0 saturated heterocycles. The van der Waals surface area contributed by atoms with Crippen LogP contribution in [0.1, 0.15) is 17.5 Å². The molecule has 98 valence electrons. The standard InChI is InChI=1S/C13H17NO3S/c1-9-6-11-12(17-4-3-16-11)7-10(9)8-14-13(15)2-5-18/h6-7,18H,2-5,8H2,1H3,(H,14,15). The molecular formula is C13H17NO3S. The Balaban J connectivity index is 2.06. The summed E-state index contributed by atoms with van der Waals surface area (Å²) < 4.78 is 11.0. The Morgan fingerprint density at radius 3 is 2.67 bits per heavy atom. The van der Waals surface area contributed by atoms with Crippen LogP contribution < -0.4 is 14.8 Å². The molecule has 0 unspecified atom stereocenters. The van der Waals surface area contributed by atoms with Crippen molar-refractivity contribution in [2.24, 2.45) is 0 Å². The van der Waals surface area contributed by atoms with Crippen LogP contribution in [-0.4, -0.2) is 24.9 Å². The van der Waals surface area contributed by atoms with E-state index in [1.807, 2.05) is 19.1 Å². The van der Waals surface area contributed by atoms with Gasteiger partial charge in [0.05, 0.1) is 0 Å². The summed E-state index contributed by atoms with van der Waals surface area (Å²) in [6, 6.07) is 3.89. The fourth-order valence-electron chi connectivity index (χ4n) is 1.81. The highest BCUT2D eigenvalue weighted by Crippen LogP contribution is 2.32. The van der Waals surface area contributed by atoms with Gasteiger partial charge in [0.15, 0.2) is 11.5 Å². The van der Waals surface area contributed by atoms with Gasteiger partial charge in [-0.25, -0.2) is 0 Å². The monoisotopic (exact) mass is 267 g/mol. The molecule has 0 radical (unpaired) electrons. The zero-order chi connectivity index (χ0) is 13.0. The molecular weight excluding hydrogens is 250 g/mol. The van der Waals surface area contributed by atoms with Crippen molar-refractivity contribution in [1.29, 1.82) is 0 Å². The molecule has 1 heterocycles. The smallest absolute Gasteiger partial charge is 0.221 e. The van der Waals surface area contributed by atoms with E-state index < -0.39 is 0 Å². The number of thiol groups is 1. The number of benzene rings is 1. The van der Waals surface area contributed by atoms with E-state index in [-0.39, 0.29) is 5.91 Å². The lowest BCUT2D eigenvalue weighted by atomic mass is 10.1. The first kappa shape index (κ1) is 13.1. The van der Waals surface area contributed by atoms with Crippen molar-refractivity contribution in [3.63, 3.8) is 0 Å². The first-order valence-corrected chi connectivity index (χ1v) is 6.60. The van der Waals surface area contributed by atoms with Crippen LogP contribution in [0, 0.1) is 6.92 Å². The number of amides is 1. The van der Waals surface area contributed by atoms with Crippen molar-refractivity contribution in [2.45, 2.75) is 19.9 Å². The van der Waals surface area contributed by atoms with E-state index in [0.717, 1.165) is 22.6 Å². The third-order valence-electron chi connectivity index (χ3n) is 2.82. The van der Waals surface area contributed by atoms with E-state index in [0.29, 0.717) is 31.9 Å².